The maximum Gasteiger partial charge on any atom is 0.182 e. The van der Waals surface area contributed by atoms with Crippen LogP contribution in [0.5, 0.6) is 0 Å². The monoisotopic (exact) mass is 412 g/mol. The number of rotatable bonds is 4. The van der Waals surface area contributed by atoms with E-state index in [1.807, 2.05) is 0 Å². The van der Waals surface area contributed by atoms with Gasteiger partial charge in [0.05, 0.1) is 22.0 Å². The van der Waals surface area contributed by atoms with E-state index in [1.165, 1.54) is 35.5 Å². The summed E-state index contributed by atoms with van der Waals surface area (Å²) in [5, 5.41) is 11.0. The van der Waals surface area contributed by atoms with E-state index >= 15 is 0 Å². The van der Waals surface area contributed by atoms with E-state index in [0.29, 0.717) is 41.0 Å². The predicted molar refractivity (Wildman–Crippen MR) is 104 cm³/mol. The second-order valence-corrected chi connectivity index (χ2v) is 9.35. The molecule has 3 heterocycles. The minimum atomic E-state index is -3.41. The van der Waals surface area contributed by atoms with Gasteiger partial charge in [-0.2, -0.15) is 10.2 Å². The van der Waals surface area contributed by atoms with Crippen LogP contribution in [-0.2, 0) is 9.84 Å². The van der Waals surface area contributed by atoms with Gasteiger partial charge in [0.1, 0.15) is 12.1 Å². The Labute approximate surface area is 165 Å². The van der Waals surface area contributed by atoms with Crippen molar-refractivity contribution in [3.05, 3.63) is 48.8 Å². The van der Waals surface area contributed by atoms with Crippen molar-refractivity contribution in [2.24, 2.45) is 0 Å². The Morgan fingerprint density at radius 1 is 1.07 bits per heavy atom. The molecule has 5 rings (SSSR count). The molecule has 1 N–H and O–H groups in total. The highest BCUT2D eigenvalue weighted by molar-refractivity contribution is 7.92. The standard InChI is InChI=1S/C19H17FN6O2S/c20-14-5-12(18-22-11-23-25-18)6-15(8-14)26-19-13(9-24-26)7-17(10-21-19)29(27,28)16-3-1-2-4-16/h5-11,16H,1-4H2,(H,22,23,25). The zero-order valence-corrected chi connectivity index (χ0v) is 16.1. The van der Waals surface area contributed by atoms with Crippen molar-refractivity contribution in [2.75, 3.05) is 0 Å². The molecule has 10 heteroatoms. The van der Waals surface area contributed by atoms with Gasteiger partial charge in [-0.3, -0.25) is 5.10 Å². The highest BCUT2D eigenvalue weighted by atomic mass is 32.2. The van der Waals surface area contributed by atoms with E-state index in [-0.39, 0.29) is 10.1 Å². The third-order valence-electron chi connectivity index (χ3n) is 5.27. The van der Waals surface area contributed by atoms with Crippen molar-refractivity contribution in [1.82, 2.24) is 29.9 Å². The number of aromatic nitrogens is 6. The summed E-state index contributed by atoms with van der Waals surface area (Å²) in [6, 6.07) is 5.98. The Bertz CT molecular complexity index is 1290. The first-order valence-electron chi connectivity index (χ1n) is 9.27. The van der Waals surface area contributed by atoms with Crippen molar-refractivity contribution in [3.63, 3.8) is 0 Å². The maximum absolute atomic E-state index is 14.2. The summed E-state index contributed by atoms with van der Waals surface area (Å²) in [5.74, 6) is -0.0295. The molecule has 0 bridgehead atoms. The van der Waals surface area contributed by atoms with Crippen molar-refractivity contribution in [3.8, 4) is 17.1 Å². The predicted octanol–water partition coefficient (Wildman–Crippen LogP) is 3.06. The van der Waals surface area contributed by atoms with E-state index < -0.39 is 15.7 Å². The molecule has 1 aliphatic rings. The minimum absolute atomic E-state index is 0.207. The molecule has 1 saturated carbocycles. The van der Waals surface area contributed by atoms with E-state index in [4.69, 9.17) is 0 Å². The van der Waals surface area contributed by atoms with E-state index in [9.17, 15) is 12.8 Å². The number of hydrogen-bond acceptors (Lipinski definition) is 6. The molecule has 0 aliphatic heterocycles. The first-order chi connectivity index (χ1) is 14.0. The normalized spacial score (nSPS) is 15.3. The number of halogens is 1. The average molecular weight is 412 g/mol. The van der Waals surface area contributed by atoms with Gasteiger partial charge < -0.3 is 0 Å². The molecular formula is C19H17FN6O2S. The van der Waals surface area contributed by atoms with Crippen LogP contribution in [0, 0.1) is 5.82 Å². The second kappa shape index (κ2) is 6.73. The topological polar surface area (TPSA) is 106 Å². The van der Waals surface area contributed by atoms with Crippen molar-refractivity contribution in [1.29, 1.82) is 0 Å². The lowest BCUT2D eigenvalue weighted by atomic mass is 10.2. The van der Waals surface area contributed by atoms with Gasteiger partial charge in [-0.05, 0) is 37.1 Å². The lowest BCUT2D eigenvalue weighted by molar-refractivity contribution is 0.579. The van der Waals surface area contributed by atoms with Crippen LogP contribution in [0.1, 0.15) is 25.7 Å². The Morgan fingerprint density at radius 3 is 2.66 bits per heavy atom. The van der Waals surface area contributed by atoms with Gasteiger partial charge in [-0.25, -0.2) is 27.5 Å². The van der Waals surface area contributed by atoms with Crippen molar-refractivity contribution < 1.29 is 12.8 Å². The summed E-state index contributed by atoms with van der Waals surface area (Å²) >= 11 is 0. The molecule has 29 heavy (non-hydrogen) atoms. The Kier molecular flexibility index (Phi) is 4.16. The van der Waals surface area contributed by atoms with Crippen LogP contribution >= 0.6 is 0 Å². The van der Waals surface area contributed by atoms with Crippen LogP contribution in [0.25, 0.3) is 28.1 Å². The molecule has 0 saturated heterocycles. The van der Waals surface area contributed by atoms with Crippen LogP contribution in [0.3, 0.4) is 0 Å². The zero-order valence-electron chi connectivity index (χ0n) is 15.3. The summed E-state index contributed by atoms with van der Waals surface area (Å²) in [6.45, 7) is 0. The lowest BCUT2D eigenvalue weighted by Crippen LogP contribution is -2.18. The van der Waals surface area contributed by atoms with Gasteiger partial charge in [0.2, 0.25) is 0 Å². The second-order valence-electron chi connectivity index (χ2n) is 7.12. The molecule has 1 fully saturated rings. The zero-order chi connectivity index (χ0) is 20.0. The number of sulfone groups is 1. The van der Waals surface area contributed by atoms with Crippen LogP contribution < -0.4 is 0 Å². The van der Waals surface area contributed by atoms with Crippen LogP contribution in [0.4, 0.5) is 4.39 Å². The van der Waals surface area contributed by atoms with Crippen LogP contribution in [0.2, 0.25) is 0 Å². The molecule has 0 amide bonds. The van der Waals surface area contributed by atoms with Crippen molar-refractivity contribution >= 4 is 20.9 Å². The molecule has 1 aliphatic carbocycles. The van der Waals surface area contributed by atoms with Gasteiger partial charge in [0.25, 0.3) is 0 Å². The van der Waals surface area contributed by atoms with Gasteiger partial charge in [0.15, 0.2) is 21.3 Å². The maximum atomic E-state index is 14.2. The number of hydrogen-bond donors (Lipinski definition) is 1. The SMILES string of the molecule is O=S(=O)(c1cnc2c(cnn2-c2cc(F)cc(-c3ncn[nH]3)c2)c1)C1CCCC1. The highest BCUT2D eigenvalue weighted by Crippen LogP contribution is 2.31. The lowest BCUT2D eigenvalue weighted by Gasteiger charge is -2.11. The third-order valence-corrected chi connectivity index (χ3v) is 7.50. The van der Waals surface area contributed by atoms with Gasteiger partial charge in [-0.1, -0.05) is 12.8 Å². The van der Waals surface area contributed by atoms with E-state index in [2.05, 4.69) is 25.3 Å². The molecule has 0 atom stereocenters. The summed E-state index contributed by atoms with van der Waals surface area (Å²) in [7, 11) is -3.41. The average Bonchev–Trinajstić information content (AvgIpc) is 3.48. The van der Waals surface area contributed by atoms with Gasteiger partial charge >= 0.3 is 0 Å². The number of aromatic amines is 1. The Morgan fingerprint density at radius 2 is 1.90 bits per heavy atom. The fraction of sp³-hybridized carbons (Fsp3) is 0.263. The molecule has 8 nitrogen and oxygen atoms in total. The molecule has 0 radical (unpaired) electrons. The Hall–Kier alpha value is -3.14. The largest absolute Gasteiger partial charge is 0.259 e. The number of nitrogens with one attached hydrogen (secondary N) is 1. The van der Waals surface area contributed by atoms with E-state index in [0.717, 1.165) is 12.8 Å². The number of fused-ring (bicyclic) bond motifs is 1. The summed E-state index contributed by atoms with van der Waals surface area (Å²) in [5.41, 5.74) is 1.41. The number of pyridine rings is 1. The Balaban J connectivity index is 1.58. The third kappa shape index (κ3) is 3.09. The molecular weight excluding hydrogens is 395 g/mol. The number of nitrogens with zero attached hydrogens (tertiary/aromatic N) is 5. The van der Waals surface area contributed by atoms with Gasteiger partial charge in [0, 0.05) is 17.1 Å². The molecule has 0 spiro atoms. The summed E-state index contributed by atoms with van der Waals surface area (Å²) < 4.78 is 41.4. The minimum Gasteiger partial charge on any atom is -0.259 e. The smallest absolute Gasteiger partial charge is 0.182 e. The fourth-order valence-corrected chi connectivity index (χ4v) is 5.64. The van der Waals surface area contributed by atoms with Gasteiger partial charge in [-0.15, -0.1) is 0 Å². The first kappa shape index (κ1) is 17.9. The molecule has 3 aromatic heterocycles. The molecule has 0 unspecified atom stereocenters. The number of H-pyrrole nitrogens is 1. The highest BCUT2D eigenvalue weighted by Gasteiger charge is 2.30. The summed E-state index contributed by atoms with van der Waals surface area (Å²) in [6.07, 6.45) is 7.49. The van der Waals surface area contributed by atoms with Crippen LogP contribution in [0.15, 0.2) is 47.9 Å². The van der Waals surface area contributed by atoms with Crippen molar-refractivity contribution in [2.45, 2.75) is 35.8 Å². The van der Waals surface area contributed by atoms with E-state index in [1.54, 1.807) is 12.1 Å². The summed E-state index contributed by atoms with van der Waals surface area (Å²) in [4.78, 5) is 8.59. The molecule has 4 aromatic rings. The molecule has 1 aromatic carbocycles. The quantitative estimate of drug-likeness (QED) is 0.552. The number of benzene rings is 1. The molecule has 148 valence electrons. The fourth-order valence-electron chi connectivity index (χ4n) is 3.81. The van der Waals surface area contributed by atoms with Crippen LogP contribution in [-0.4, -0.2) is 43.6 Å². The first-order valence-corrected chi connectivity index (χ1v) is 10.8.